The fourth-order valence-electron chi connectivity index (χ4n) is 3.30. The minimum Gasteiger partial charge on any atom is -0.492 e. The third-order valence-electron chi connectivity index (χ3n) is 4.57. The van der Waals surface area contributed by atoms with Crippen LogP contribution in [0.25, 0.3) is 10.2 Å². The molecule has 0 fully saturated rings. The van der Waals surface area contributed by atoms with Gasteiger partial charge in [-0.2, -0.15) is 0 Å². The molecule has 0 radical (unpaired) electrons. The van der Waals surface area contributed by atoms with Gasteiger partial charge in [0.1, 0.15) is 21.9 Å². The van der Waals surface area contributed by atoms with Crippen LogP contribution in [0.2, 0.25) is 0 Å². The van der Waals surface area contributed by atoms with Crippen LogP contribution >= 0.6 is 23.1 Å². The topological polar surface area (TPSA) is 64.1 Å². The zero-order valence-electron chi connectivity index (χ0n) is 15.3. The number of nitrogens with one attached hydrogen (secondary N) is 1. The first-order valence-electron chi connectivity index (χ1n) is 9.12. The molecule has 140 valence electrons. The average Bonchev–Trinajstić information content (AvgIpc) is 3.24. The van der Waals surface area contributed by atoms with Gasteiger partial charge in [-0.3, -0.25) is 4.79 Å². The van der Waals surface area contributed by atoms with E-state index in [1.165, 1.54) is 28.6 Å². The normalized spacial score (nSPS) is 14.1. The van der Waals surface area contributed by atoms with Gasteiger partial charge in [0, 0.05) is 10.3 Å². The van der Waals surface area contributed by atoms with Gasteiger partial charge in [-0.25, -0.2) is 9.97 Å². The van der Waals surface area contributed by atoms with E-state index in [0.717, 1.165) is 28.1 Å². The molecule has 3 aromatic rings. The van der Waals surface area contributed by atoms with Crippen molar-refractivity contribution in [2.24, 2.45) is 0 Å². The van der Waals surface area contributed by atoms with E-state index in [4.69, 9.17) is 4.74 Å². The molecule has 0 spiro atoms. The molecule has 1 aliphatic rings. The van der Waals surface area contributed by atoms with Crippen LogP contribution in [0.5, 0.6) is 5.75 Å². The molecule has 1 N–H and O–H groups in total. The minimum absolute atomic E-state index is 0.0641. The Morgan fingerprint density at radius 2 is 2.19 bits per heavy atom. The molecule has 2 heterocycles. The number of rotatable bonds is 6. The molecule has 1 atom stereocenters. The number of nitrogens with zero attached hydrogens (tertiary/aromatic N) is 2. The summed E-state index contributed by atoms with van der Waals surface area (Å²) in [5.41, 5.74) is 2.08. The smallest absolute Gasteiger partial charge is 0.237 e. The Kier molecular flexibility index (Phi) is 5.31. The van der Waals surface area contributed by atoms with Gasteiger partial charge in [0.25, 0.3) is 0 Å². The van der Waals surface area contributed by atoms with Gasteiger partial charge < -0.3 is 10.1 Å². The summed E-state index contributed by atoms with van der Waals surface area (Å²) in [5, 5.41) is 4.75. The second kappa shape index (κ2) is 7.86. The highest BCUT2D eigenvalue weighted by Crippen LogP contribution is 2.41. The summed E-state index contributed by atoms with van der Waals surface area (Å²) >= 11 is 3.26. The largest absolute Gasteiger partial charge is 0.492 e. The summed E-state index contributed by atoms with van der Waals surface area (Å²) in [7, 11) is 0. The van der Waals surface area contributed by atoms with E-state index in [9.17, 15) is 4.79 Å². The summed E-state index contributed by atoms with van der Waals surface area (Å²) in [5.74, 6) is 0.622. The molecular formula is C20H21N3O2S2. The predicted molar refractivity (Wildman–Crippen MR) is 111 cm³/mol. The third kappa shape index (κ3) is 3.66. The van der Waals surface area contributed by atoms with Crippen LogP contribution in [0.4, 0.5) is 5.69 Å². The number of benzene rings is 1. The maximum atomic E-state index is 12.8. The lowest BCUT2D eigenvalue weighted by atomic mass is 10.2. The maximum absolute atomic E-state index is 12.8. The van der Waals surface area contributed by atoms with Crippen molar-refractivity contribution < 1.29 is 9.53 Å². The van der Waals surface area contributed by atoms with E-state index in [2.05, 4.69) is 15.3 Å². The molecule has 0 aliphatic heterocycles. The number of amides is 1. The van der Waals surface area contributed by atoms with Crippen LogP contribution in [0.1, 0.15) is 30.7 Å². The number of hydrogen-bond acceptors (Lipinski definition) is 6. The Morgan fingerprint density at radius 1 is 1.33 bits per heavy atom. The number of para-hydroxylation sites is 2. The number of carbonyl (C=O) groups is 1. The fourth-order valence-corrected chi connectivity index (χ4v) is 5.54. The molecule has 5 nitrogen and oxygen atoms in total. The Hall–Kier alpha value is -2.12. The molecule has 2 aromatic heterocycles. The maximum Gasteiger partial charge on any atom is 0.237 e. The van der Waals surface area contributed by atoms with Crippen LogP contribution in [-0.4, -0.2) is 27.7 Å². The van der Waals surface area contributed by atoms with Gasteiger partial charge in [0.2, 0.25) is 5.91 Å². The number of carbonyl (C=O) groups excluding carboxylic acids is 1. The monoisotopic (exact) mass is 399 g/mol. The number of anilines is 1. The lowest BCUT2D eigenvalue weighted by molar-refractivity contribution is -0.115. The van der Waals surface area contributed by atoms with E-state index in [0.29, 0.717) is 18.0 Å². The van der Waals surface area contributed by atoms with E-state index >= 15 is 0 Å². The number of fused-ring (bicyclic) bond motifs is 3. The molecule has 7 heteroatoms. The molecule has 0 saturated heterocycles. The highest BCUT2D eigenvalue weighted by molar-refractivity contribution is 8.00. The molecule has 1 amide bonds. The number of thiophene rings is 1. The number of hydrogen-bond donors (Lipinski definition) is 1. The zero-order chi connectivity index (χ0) is 18.8. The molecule has 0 unspecified atom stereocenters. The second-order valence-corrected chi connectivity index (χ2v) is 8.81. The quantitative estimate of drug-likeness (QED) is 0.481. The first kappa shape index (κ1) is 18.3. The van der Waals surface area contributed by atoms with Crippen LogP contribution < -0.4 is 10.1 Å². The molecule has 0 saturated carbocycles. The molecular weight excluding hydrogens is 378 g/mol. The molecule has 1 aromatic carbocycles. The highest BCUT2D eigenvalue weighted by Gasteiger charge is 2.24. The number of aryl methyl sites for hydroxylation is 2. The Labute approximate surface area is 166 Å². The SMILES string of the molecule is CCOc1ccccc1NC(=O)[C@H](C)Sc1ncnc2sc3c(c12)CCC3. The summed E-state index contributed by atoms with van der Waals surface area (Å²) in [6.45, 7) is 4.39. The van der Waals surface area contributed by atoms with Crippen LogP contribution in [0.15, 0.2) is 35.6 Å². The van der Waals surface area contributed by atoms with Crippen molar-refractivity contribution in [2.45, 2.75) is 43.4 Å². The van der Waals surface area contributed by atoms with Crippen molar-refractivity contribution in [1.29, 1.82) is 0 Å². The number of ether oxygens (including phenoxy) is 1. The molecule has 1 aliphatic carbocycles. The van der Waals surface area contributed by atoms with Crippen molar-refractivity contribution in [3.8, 4) is 5.75 Å². The van der Waals surface area contributed by atoms with Crippen molar-refractivity contribution >= 4 is 44.9 Å². The summed E-state index contributed by atoms with van der Waals surface area (Å²) < 4.78 is 5.59. The van der Waals surface area contributed by atoms with Crippen LogP contribution in [-0.2, 0) is 17.6 Å². The van der Waals surface area contributed by atoms with Gasteiger partial charge in [-0.15, -0.1) is 11.3 Å². The van der Waals surface area contributed by atoms with Gasteiger partial charge in [0.05, 0.1) is 17.5 Å². The highest BCUT2D eigenvalue weighted by atomic mass is 32.2. The third-order valence-corrected chi connectivity index (χ3v) is 6.87. The van der Waals surface area contributed by atoms with Gasteiger partial charge in [0.15, 0.2) is 0 Å². The van der Waals surface area contributed by atoms with Crippen molar-refractivity contribution in [1.82, 2.24) is 9.97 Å². The first-order valence-corrected chi connectivity index (χ1v) is 10.8. The Balaban J connectivity index is 1.54. The molecule has 4 rings (SSSR count). The lowest BCUT2D eigenvalue weighted by Crippen LogP contribution is -2.23. The van der Waals surface area contributed by atoms with Gasteiger partial charge >= 0.3 is 0 Å². The van der Waals surface area contributed by atoms with E-state index < -0.39 is 0 Å². The van der Waals surface area contributed by atoms with Crippen LogP contribution in [0, 0.1) is 0 Å². The lowest BCUT2D eigenvalue weighted by Gasteiger charge is -2.15. The van der Waals surface area contributed by atoms with E-state index in [-0.39, 0.29) is 11.2 Å². The van der Waals surface area contributed by atoms with Crippen molar-refractivity contribution in [2.75, 3.05) is 11.9 Å². The Morgan fingerprint density at radius 3 is 3.04 bits per heavy atom. The molecule has 27 heavy (non-hydrogen) atoms. The number of thioether (sulfide) groups is 1. The van der Waals surface area contributed by atoms with Crippen molar-refractivity contribution in [3.63, 3.8) is 0 Å². The van der Waals surface area contributed by atoms with Gasteiger partial charge in [-0.05, 0) is 50.8 Å². The Bertz CT molecular complexity index is 987. The average molecular weight is 400 g/mol. The van der Waals surface area contributed by atoms with E-state index in [1.54, 1.807) is 17.7 Å². The van der Waals surface area contributed by atoms with E-state index in [1.807, 2.05) is 38.1 Å². The minimum atomic E-state index is -0.283. The van der Waals surface area contributed by atoms with Crippen LogP contribution in [0.3, 0.4) is 0 Å². The molecule has 0 bridgehead atoms. The zero-order valence-corrected chi connectivity index (χ0v) is 17.0. The van der Waals surface area contributed by atoms with Crippen molar-refractivity contribution in [3.05, 3.63) is 41.0 Å². The predicted octanol–water partition coefficient (Wildman–Crippen LogP) is 4.70. The standard InChI is InChI=1S/C20H21N3O2S2/c1-3-25-15-9-5-4-8-14(15)23-18(24)12(2)26-19-17-13-7-6-10-16(13)27-20(17)22-11-21-19/h4-5,8-9,11-12H,3,6-7,10H2,1-2H3,(H,23,24)/t12-/m0/s1. The number of aromatic nitrogens is 2. The summed E-state index contributed by atoms with van der Waals surface area (Å²) in [4.78, 5) is 24.1. The second-order valence-electron chi connectivity index (χ2n) is 6.39. The first-order chi connectivity index (χ1) is 13.2. The summed E-state index contributed by atoms with van der Waals surface area (Å²) in [6.07, 6.45) is 5.01. The summed E-state index contributed by atoms with van der Waals surface area (Å²) in [6, 6.07) is 7.50. The fraction of sp³-hybridized carbons (Fsp3) is 0.350. The van der Waals surface area contributed by atoms with Gasteiger partial charge in [-0.1, -0.05) is 23.9 Å².